The number of anilines is 1. The Morgan fingerprint density at radius 1 is 1.26 bits per heavy atom. The van der Waals surface area contributed by atoms with Crippen LogP contribution in [0.4, 0.5) is 5.69 Å². The van der Waals surface area contributed by atoms with Crippen molar-refractivity contribution >= 4 is 11.6 Å². The zero-order chi connectivity index (χ0) is 15.6. The summed E-state index contributed by atoms with van der Waals surface area (Å²) in [5.41, 5.74) is 0.693. The fourth-order valence-corrected chi connectivity index (χ4v) is 3.45. The minimum Gasteiger partial charge on any atom is -0.323 e. The van der Waals surface area contributed by atoms with Crippen LogP contribution in [0.1, 0.15) is 19.3 Å². The second kappa shape index (κ2) is 6.08. The number of carbonyl (C=O) groups excluding carboxylic acids is 1. The van der Waals surface area contributed by atoms with Crippen LogP contribution >= 0.6 is 0 Å². The van der Waals surface area contributed by atoms with Gasteiger partial charge in [0.05, 0.1) is 18.1 Å². The van der Waals surface area contributed by atoms with Crippen LogP contribution in [0, 0.1) is 17.8 Å². The molecule has 23 heavy (non-hydrogen) atoms. The topological polar surface area (TPSA) is 84.7 Å². The van der Waals surface area contributed by atoms with Crippen molar-refractivity contribution in [3.05, 3.63) is 30.9 Å². The Morgan fingerprint density at radius 3 is 2.83 bits per heavy atom. The highest BCUT2D eigenvalue weighted by molar-refractivity contribution is 5.94. The highest BCUT2D eigenvalue weighted by Crippen LogP contribution is 2.47. The van der Waals surface area contributed by atoms with E-state index >= 15 is 0 Å². The Morgan fingerprint density at radius 2 is 2.04 bits per heavy atom. The average molecular weight is 312 g/mol. The second-order valence-corrected chi connectivity index (χ2v) is 6.31. The van der Waals surface area contributed by atoms with Crippen LogP contribution in [0.15, 0.2) is 30.9 Å². The van der Waals surface area contributed by atoms with Gasteiger partial charge in [0.15, 0.2) is 0 Å². The fraction of sp³-hybridized carbons (Fsp3) is 0.500. The van der Waals surface area contributed by atoms with E-state index in [4.69, 9.17) is 0 Å². The number of carbonyl (C=O) groups is 1. The Balaban J connectivity index is 1.36. The molecule has 0 bridgehead atoms. The summed E-state index contributed by atoms with van der Waals surface area (Å²) >= 11 is 0. The Bertz CT molecular complexity index is 679. The smallest absolute Gasteiger partial charge is 0.250 e. The third kappa shape index (κ3) is 3.10. The van der Waals surface area contributed by atoms with E-state index in [0.29, 0.717) is 23.5 Å². The molecular formula is C16H20N6O. The summed E-state index contributed by atoms with van der Waals surface area (Å²) in [5.74, 6) is 2.03. The molecule has 1 aliphatic carbocycles. The van der Waals surface area contributed by atoms with E-state index in [0.717, 1.165) is 19.5 Å². The Kier molecular flexibility index (Phi) is 3.78. The first-order valence-electron chi connectivity index (χ1n) is 8.15. The molecule has 1 amide bonds. The largest absolute Gasteiger partial charge is 0.323 e. The minimum atomic E-state index is 0.113. The highest BCUT2D eigenvalue weighted by atomic mass is 16.2. The monoisotopic (exact) mass is 312 g/mol. The molecule has 120 valence electrons. The van der Waals surface area contributed by atoms with Crippen molar-refractivity contribution in [3.63, 3.8) is 0 Å². The van der Waals surface area contributed by atoms with Gasteiger partial charge in [-0.25, -0.2) is 14.6 Å². The van der Waals surface area contributed by atoms with Crippen molar-refractivity contribution in [2.75, 3.05) is 18.4 Å². The van der Waals surface area contributed by atoms with Crippen molar-refractivity contribution in [2.24, 2.45) is 17.8 Å². The van der Waals surface area contributed by atoms with Gasteiger partial charge in [-0.05, 0) is 50.3 Å². The predicted molar refractivity (Wildman–Crippen MR) is 85.0 cm³/mol. The molecule has 2 fully saturated rings. The first-order chi connectivity index (χ1) is 11.3. The maximum Gasteiger partial charge on any atom is 0.250 e. The third-order valence-corrected chi connectivity index (χ3v) is 4.77. The molecule has 0 aromatic carbocycles. The van der Waals surface area contributed by atoms with Crippen molar-refractivity contribution in [1.82, 2.24) is 25.1 Å². The van der Waals surface area contributed by atoms with E-state index in [1.807, 2.05) is 0 Å². The van der Waals surface area contributed by atoms with Crippen LogP contribution in [0.5, 0.6) is 0 Å². The van der Waals surface area contributed by atoms with Crippen molar-refractivity contribution < 1.29 is 4.79 Å². The minimum absolute atomic E-state index is 0.113. The van der Waals surface area contributed by atoms with Gasteiger partial charge in [-0.3, -0.25) is 4.79 Å². The van der Waals surface area contributed by atoms with Crippen LogP contribution < -0.4 is 10.6 Å². The summed E-state index contributed by atoms with van der Waals surface area (Å²) in [5, 5.41) is 10.5. The number of amides is 1. The maximum atomic E-state index is 12.4. The molecule has 2 aromatic rings. The molecule has 7 heteroatoms. The molecule has 1 saturated heterocycles. The molecule has 2 N–H and O–H groups in total. The molecule has 3 heterocycles. The zero-order valence-corrected chi connectivity index (χ0v) is 12.9. The number of hydrogen-bond acceptors (Lipinski definition) is 5. The molecule has 1 aliphatic heterocycles. The first kappa shape index (κ1) is 14.3. The number of piperidine rings is 1. The van der Waals surface area contributed by atoms with Crippen molar-refractivity contribution in [1.29, 1.82) is 0 Å². The molecule has 2 atom stereocenters. The molecule has 0 radical (unpaired) electrons. The van der Waals surface area contributed by atoms with Gasteiger partial charge in [-0.1, -0.05) is 0 Å². The number of nitrogens with one attached hydrogen (secondary N) is 2. The van der Waals surface area contributed by atoms with Gasteiger partial charge in [-0.2, -0.15) is 5.10 Å². The van der Waals surface area contributed by atoms with Crippen LogP contribution in [0.3, 0.4) is 0 Å². The molecule has 7 nitrogen and oxygen atoms in total. The van der Waals surface area contributed by atoms with Gasteiger partial charge in [0.2, 0.25) is 11.9 Å². The lowest BCUT2D eigenvalue weighted by Crippen LogP contribution is -2.29. The lowest BCUT2D eigenvalue weighted by molar-refractivity contribution is -0.117. The second-order valence-electron chi connectivity index (χ2n) is 6.31. The SMILES string of the molecule is O=C(Nc1cnn(-c2ncccn2)c1)[C@@H]1C[C@H]1C1CCNCC1. The number of nitrogens with zero attached hydrogens (tertiary/aromatic N) is 4. The lowest BCUT2D eigenvalue weighted by atomic mass is 9.92. The standard InChI is InChI=1S/C16H20N6O/c23-15(14-8-13(14)11-2-6-17-7-3-11)21-12-9-20-22(10-12)16-18-4-1-5-19-16/h1,4-5,9-11,13-14,17H,2-3,6-8H2,(H,21,23)/t13-,14+/m0/s1. The first-order valence-corrected chi connectivity index (χ1v) is 8.15. The quantitative estimate of drug-likeness (QED) is 0.887. The average Bonchev–Trinajstić information content (AvgIpc) is 3.29. The highest BCUT2D eigenvalue weighted by Gasteiger charge is 2.47. The van der Waals surface area contributed by atoms with Gasteiger partial charge in [0.25, 0.3) is 0 Å². The fourth-order valence-electron chi connectivity index (χ4n) is 3.45. The zero-order valence-electron chi connectivity index (χ0n) is 12.9. The molecular weight excluding hydrogens is 292 g/mol. The summed E-state index contributed by atoms with van der Waals surface area (Å²) in [6.45, 7) is 2.17. The van der Waals surface area contributed by atoms with E-state index in [2.05, 4.69) is 25.7 Å². The Hall–Kier alpha value is -2.28. The van der Waals surface area contributed by atoms with Gasteiger partial charge in [-0.15, -0.1) is 0 Å². The summed E-state index contributed by atoms with van der Waals surface area (Å²) in [6.07, 6.45) is 10.1. The Labute approximate surface area is 134 Å². The van der Waals surface area contributed by atoms with Gasteiger partial charge in [0, 0.05) is 18.3 Å². The van der Waals surface area contributed by atoms with Crippen LogP contribution in [-0.4, -0.2) is 38.7 Å². The molecule has 0 unspecified atom stereocenters. The van der Waals surface area contributed by atoms with Gasteiger partial charge < -0.3 is 10.6 Å². The summed E-state index contributed by atoms with van der Waals surface area (Å²) < 4.78 is 1.56. The predicted octanol–water partition coefficient (Wildman–Crippen LogP) is 1.24. The number of aromatic nitrogens is 4. The van der Waals surface area contributed by atoms with Gasteiger partial charge >= 0.3 is 0 Å². The summed E-state index contributed by atoms with van der Waals surface area (Å²) in [4.78, 5) is 20.6. The molecule has 4 rings (SSSR count). The number of rotatable bonds is 4. The van der Waals surface area contributed by atoms with E-state index in [-0.39, 0.29) is 11.8 Å². The van der Waals surface area contributed by atoms with E-state index < -0.39 is 0 Å². The van der Waals surface area contributed by atoms with Crippen LogP contribution in [-0.2, 0) is 4.79 Å². The summed E-state index contributed by atoms with van der Waals surface area (Å²) in [7, 11) is 0. The molecule has 2 aliphatic rings. The number of hydrogen-bond donors (Lipinski definition) is 2. The van der Waals surface area contributed by atoms with Crippen molar-refractivity contribution in [2.45, 2.75) is 19.3 Å². The van der Waals surface area contributed by atoms with E-state index in [9.17, 15) is 4.79 Å². The van der Waals surface area contributed by atoms with Crippen molar-refractivity contribution in [3.8, 4) is 5.95 Å². The lowest BCUT2D eigenvalue weighted by Gasteiger charge is -2.22. The molecule has 0 spiro atoms. The maximum absolute atomic E-state index is 12.4. The van der Waals surface area contributed by atoms with E-state index in [1.165, 1.54) is 12.8 Å². The third-order valence-electron chi connectivity index (χ3n) is 4.77. The van der Waals surface area contributed by atoms with Gasteiger partial charge in [0.1, 0.15) is 0 Å². The van der Waals surface area contributed by atoms with Crippen LogP contribution in [0.2, 0.25) is 0 Å². The van der Waals surface area contributed by atoms with E-state index in [1.54, 1.807) is 35.5 Å². The molecule has 2 aromatic heterocycles. The molecule has 1 saturated carbocycles. The van der Waals surface area contributed by atoms with Crippen LogP contribution in [0.25, 0.3) is 5.95 Å². The summed E-state index contributed by atoms with van der Waals surface area (Å²) in [6, 6.07) is 1.75. The normalized spacial score (nSPS) is 24.3.